The smallest absolute Gasteiger partial charge is 0.291 e. The minimum Gasteiger partial charge on any atom is -0.486 e. The minimum atomic E-state index is -0.381. The van der Waals surface area contributed by atoms with Gasteiger partial charge in [0.05, 0.1) is 18.4 Å². The van der Waals surface area contributed by atoms with E-state index >= 15 is 0 Å². The molecule has 5 aromatic rings. The second kappa shape index (κ2) is 9.00. The zero-order valence-corrected chi connectivity index (χ0v) is 17.6. The third-order valence-electron chi connectivity index (χ3n) is 5.14. The number of hydrogen-bond donors (Lipinski definition) is 1. The first kappa shape index (κ1) is 20.5. The third-order valence-corrected chi connectivity index (χ3v) is 5.14. The van der Waals surface area contributed by atoms with Crippen LogP contribution in [-0.2, 0) is 13.2 Å². The Morgan fingerprint density at radius 1 is 1.00 bits per heavy atom. The van der Waals surface area contributed by atoms with Gasteiger partial charge in [-0.25, -0.2) is 4.39 Å². The van der Waals surface area contributed by atoms with Gasteiger partial charge in [-0.1, -0.05) is 42.5 Å². The molecule has 7 heteroatoms. The number of benzene rings is 3. The van der Waals surface area contributed by atoms with Crippen molar-refractivity contribution in [3.8, 4) is 5.75 Å². The molecule has 2 aromatic heterocycles. The summed E-state index contributed by atoms with van der Waals surface area (Å²) in [6, 6.07) is 23.4. The number of halogens is 1. The topological polar surface area (TPSA) is 69.3 Å². The van der Waals surface area contributed by atoms with Crippen molar-refractivity contribution >= 4 is 22.4 Å². The Morgan fingerprint density at radius 3 is 2.67 bits per heavy atom. The fraction of sp³-hybridized carbons (Fsp3) is 0.0769. The number of aromatic nitrogens is 2. The van der Waals surface area contributed by atoms with Crippen LogP contribution in [0.4, 0.5) is 10.1 Å². The fourth-order valence-electron chi connectivity index (χ4n) is 3.47. The van der Waals surface area contributed by atoms with Crippen molar-refractivity contribution in [2.24, 2.45) is 0 Å². The molecule has 0 saturated heterocycles. The van der Waals surface area contributed by atoms with Crippen molar-refractivity contribution in [1.29, 1.82) is 0 Å². The number of fused-ring (bicyclic) bond motifs is 1. The maximum Gasteiger partial charge on any atom is 0.291 e. The predicted octanol–water partition coefficient (Wildman–Crippen LogP) is 5.65. The van der Waals surface area contributed by atoms with Crippen LogP contribution in [0.15, 0.2) is 95.7 Å². The summed E-state index contributed by atoms with van der Waals surface area (Å²) in [5.74, 6) is 0.782. The van der Waals surface area contributed by atoms with Gasteiger partial charge >= 0.3 is 0 Å². The van der Waals surface area contributed by atoms with E-state index in [9.17, 15) is 9.18 Å². The van der Waals surface area contributed by atoms with Crippen LogP contribution in [0.5, 0.6) is 5.75 Å². The Balaban J connectivity index is 1.18. The highest BCUT2D eigenvalue weighted by molar-refractivity contribution is 6.02. The van der Waals surface area contributed by atoms with E-state index in [0.29, 0.717) is 18.0 Å². The number of nitrogens with one attached hydrogen (secondary N) is 1. The fourth-order valence-corrected chi connectivity index (χ4v) is 3.47. The van der Waals surface area contributed by atoms with E-state index in [4.69, 9.17) is 9.15 Å². The molecule has 0 bridgehead atoms. The van der Waals surface area contributed by atoms with Gasteiger partial charge in [-0.05, 0) is 52.7 Å². The summed E-state index contributed by atoms with van der Waals surface area (Å²) in [5, 5.41) is 9.23. The van der Waals surface area contributed by atoms with Crippen LogP contribution >= 0.6 is 0 Å². The number of carbonyl (C=O) groups is 1. The monoisotopic (exact) mass is 441 g/mol. The van der Waals surface area contributed by atoms with E-state index in [1.807, 2.05) is 42.5 Å². The highest BCUT2D eigenvalue weighted by atomic mass is 19.1. The highest BCUT2D eigenvalue weighted by Gasteiger charge is 2.13. The molecule has 0 fully saturated rings. The van der Waals surface area contributed by atoms with E-state index < -0.39 is 0 Å². The Bertz CT molecular complexity index is 1410. The first-order valence-electron chi connectivity index (χ1n) is 10.4. The molecular weight excluding hydrogens is 421 g/mol. The number of ether oxygens (including phenoxy) is 1. The van der Waals surface area contributed by atoms with Gasteiger partial charge in [0.15, 0.2) is 5.76 Å². The van der Waals surface area contributed by atoms with Crippen molar-refractivity contribution in [3.05, 3.63) is 114 Å². The molecule has 0 aliphatic rings. The Kier molecular flexibility index (Phi) is 5.59. The maximum absolute atomic E-state index is 13.0. The molecule has 1 amide bonds. The normalized spacial score (nSPS) is 10.9. The van der Waals surface area contributed by atoms with Crippen molar-refractivity contribution in [2.75, 3.05) is 5.32 Å². The van der Waals surface area contributed by atoms with E-state index in [1.54, 1.807) is 41.3 Å². The van der Waals surface area contributed by atoms with E-state index in [2.05, 4.69) is 10.4 Å². The van der Waals surface area contributed by atoms with Crippen molar-refractivity contribution < 1.29 is 18.3 Å². The number of anilines is 1. The first-order chi connectivity index (χ1) is 16.1. The lowest BCUT2D eigenvalue weighted by Crippen LogP contribution is -2.10. The second-order valence-electron chi connectivity index (χ2n) is 7.57. The largest absolute Gasteiger partial charge is 0.486 e. The van der Waals surface area contributed by atoms with Crippen molar-refractivity contribution in [2.45, 2.75) is 13.2 Å². The molecule has 0 unspecified atom stereocenters. The van der Waals surface area contributed by atoms with Crippen LogP contribution in [0, 0.1) is 5.82 Å². The molecule has 2 heterocycles. The molecule has 1 N–H and O–H groups in total. The number of nitrogens with zero attached hydrogens (tertiary/aromatic N) is 2. The van der Waals surface area contributed by atoms with Gasteiger partial charge in [0.25, 0.3) is 5.91 Å². The number of rotatable bonds is 7. The molecule has 0 atom stereocenters. The van der Waals surface area contributed by atoms with Crippen LogP contribution in [0.2, 0.25) is 0 Å². The number of amides is 1. The molecule has 164 valence electrons. The molecule has 0 aliphatic heterocycles. The summed E-state index contributed by atoms with van der Waals surface area (Å²) in [5.41, 5.74) is 1.44. The molecule has 33 heavy (non-hydrogen) atoms. The maximum atomic E-state index is 13.0. The number of carbonyl (C=O) groups excluding carboxylic acids is 1. The van der Waals surface area contributed by atoms with Gasteiger partial charge in [-0.15, -0.1) is 0 Å². The lowest BCUT2D eigenvalue weighted by atomic mass is 10.1. The van der Waals surface area contributed by atoms with Gasteiger partial charge in [-0.2, -0.15) is 5.10 Å². The first-order valence-corrected chi connectivity index (χ1v) is 10.4. The zero-order valence-electron chi connectivity index (χ0n) is 17.6. The van der Waals surface area contributed by atoms with Gasteiger partial charge in [-0.3, -0.25) is 9.48 Å². The van der Waals surface area contributed by atoms with E-state index in [1.165, 1.54) is 12.1 Å². The van der Waals surface area contributed by atoms with Crippen LogP contribution in [0.3, 0.4) is 0 Å². The van der Waals surface area contributed by atoms with Gasteiger partial charge in [0.1, 0.15) is 23.9 Å². The van der Waals surface area contributed by atoms with Crippen LogP contribution in [0.1, 0.15) is 21.9 Å². The third kappa shape index (κ3) is 4.93. The van der Waals surface area contributed by atoms with E-state index in [-0.39, 0.29) is 24.1 Å². The standard InChI is InChI=1S/C26H20FN3O3/c27-21-8-5-18(6-9-21)15-30-16-22(14-28-30)29-26(31)25-12-11-24(33-25)17-32-23-10-7-19-3-1-2-4-20(19)13-23/h1-14,16H,15,17H2,(H,29,31). The SMILES string of the molecule is O=C(Nc1cnn(Cc2ccc(F)cc2)c1)c1ccc(COc2ccc3ccccc3c2)o1. The molecule has 0 saturated carbocycles. The quantitative estimate of drug-likeness (QED) is 0.354. The summed E-state index contributed by atoms with van der Waals surface area (Å²) >= 11 is 0. The summed E-state index contributed by atoms with van der Waals surface area (Å²) in [4.78, 5) is 12.5. The zero-order chi connectivity index (χ0) is 22.6. The predicted molar refractivity (Wildman–Crippen MR) is 123 cm³/mol. The summed E-state index contributed by atoms with van der Waals surface area (Å²) < 4.78 is 26.2. The number of hydrogen-bond acceptors (Lipinski definition) is 4. The van der Waals surface area contributed by atoms with Crippen LogP contribution in [-0.4, -0.2) is 15.7 Å². The van der Waals surface area contributed by atoms with Gasteiger partial charge in [0.2, 0.25) is 0 Å². The minimum absolute atomic E-state index is 0.179. The Hall–Kier alpha value is -4.39. The second-order valence-corrected chi connectivity index (χ2v) is 7.57. The lowest BCUT2D eigenvalue weighted by molar-refractivity contribution is 0.0992. The van der Waals surface area contributed by atoms with Gasteiger partial charge < -0.3 is 14.5 Å². The summed E-state index contributed by atoms with van der Waals surface area (Å²) in [6.45, 7) is 0.675. The summed E-state index contributed by atoms with van der Waals surface area (Å²) in [7, 11) is 0. The number of furan rings is 1. The molecule has 0 aliphatic carbocycles. The molecule has 5 rings (SSSR count). The van der Waals surface area contributed by atoms with Crippen LogP contribution in [0.25, 0.3) is 10.8 Å². The lowest BCUT2D eigenvalue weighted by Gasteiger charge is -2.06. The van der Waals surface area contributed by atoms with Crippen molar-refractivity contribution in [1.82, 2.24) is 9.78 Å². The Labute approximate surface area is 189 Å². The molecular formula is C26H20FN3O3. The molecule has 3 aromatic carbocycles. The average molecular weight is 441 g/mol. The molecule has 0 radical (unpaired) electrons. The Morgan fingerprint density at radius 2 is 1.82 bits per heavy atom. The van der Waals surface area contributed by atoms with E-state index in [0.717, 1.165) is 22.1 Å². The van der Waals surface area contributed by atoms with Gasteiger partial charge in [0, 0.05) is 6.20 Å². The molecule has 6 nitrogen and oxygen atoms in total. The van der Waals surface area contributed by atoms with Crippen molar-refractivity contribution in [3.63, 3.8) is 0 Å². The molecule has 0 spiro atoms. The van der Waals surface area contributed by atoms with Crippen LogP contribution < -0.4 is 10.1 Å². The summed E-state index contributed by atoms with van der Waals surface area (Å²) in [6.07, 6.45) is 3.25. The highest BCUT2D eigenvalue weighted by Crippen LogP contribution is 2.22. The average Bonchev–Trinajstić information content (AvgIpc) is 3.49.